The van der Waals surface area contributed by atoms with Crippen molar-refractivity contribution in [2.45, 2.75) is 13.0 Å². The molecule has 0 spiro atoms. The summed E-state index contributed by atoms with van der Waals surface area (Å²) in [4.78, 5) is 0. The molecule has 19 heavy (non-hydrogen) atoms. The van der Waals surface area contributed by atoms with Crippen LogP contribution in [0.15, 0.2) is 53.0 Å². The monoisotopic (exact) mass is 319 g/mol. The van der Waals surface area contributed by atoms with E-state index >= 15 is 0 Å². The molecule has 2 aromatic carbocycles. The lowest BCUT2D eigenvalue weighted by Crippen LogP contribution is -2.17. The van der Waals surface area contributed by atoms with E-state index in [0.29, 0.717) is 0 Å². The summed E-state index contributed by atoms with van der Waals surface area (Å²) in [6.45, 7) is 1.80. The summed E-state index contributed by atoms with van der Waals surface area (Å²) in [5.41, 5.74) is 2.58. The summed E-state index contributed by atoms with van der Waals surface area (Å²) in [5, 5.41) is 3.46. The second kappa shape index (κ2) is 7.31. The van der Waals surface area contributed by atoms with E-state index in [4.69, 9.17) is 4.74 Å². The van der Waals surface area contributed by atoms with E-state index in [2.05, 4.69) is 51.6 Å². The van der Waals surface area contributed by atoms with E-state index in [1.807, 2.05) is 18.2 Å². The van der Waals surface area contributed by atoms with Gasteiger partial charge in [0.2, 0.25) is 0 Å². The van der Waals surface area contributed by atoms with Gasteiger partial charge in [0.05, 0.1) is 7.11 Å². The zero-order chi connectivity index (χ0) is 13.5. The lowest BCUT2D eigenvalue weighted by atomic mass is 10.1. The molecule has 0 bridgehead atoms. The minimum atomic E-state index is 0.838. The highest BCUT2D eigenvalue weighted by Gasteiger charge is 2.01. The molecule has 0 saturated carbocycles. The Morgan fingerprint density at radius 2 is 1.89 bits per heavy atom. The van der Waals surface area contributed by atoms with Crippen LogP contribution in [0.3, 0.4) is 0 Å². The second-order valence-corrected chi connectivity index (χ2v) is 5.22. The molecule has 2 rings (SSSR count). The molecule has 0 aliphatic rings. The number of benzene rings is 2. The van der Waals surface area contributed by atoms with Gasteiger partial charge in [-0.25, -0.2) is 0 Å². The minimum absolute atomic E-state index is 0.838. The quantitative estimate of drug-likeness (QED) is 0.818. The minimum Gasteiger partial charge on any atom is -0.497 e. The molecule has 0 radical (unpaired) electrons. The van der Waals surface area contributed by atoms with Gasteiger partial charge in [0.1, 0.15) is 5.75 Å². The maximum absolute atomic E-state index is 5.24. The van der Waals surface area contributed by atoms with Crippen molar-refractivity contribution in [3.8, 4) is 5.75 Å². The van der Waals surface area contributed by atoms with Crippen LogP contribution in [0.1, 0.15) is 11.1 Å². The summed E-state index contributed by atoms with van der Waals surface area (Å²) in [5.74, 6) is 0.892. The van der Waals surface area contributed by atoms with Gasteiger partial charge in [-0.3, -0.25) is 0 Å². The van der Waals surface area contributed by atoms with Crippen molar-refractivity contribution in [2.75, 3.05) is 13.7 Å². The van der Waals surface area contributed by atoms with E-state index in [9.17, 15) is 0 Å². The Hall–Kier alpha value is -1.32. The maximum Gasteiger partial charge on any atom is 0.119 e. The van der Waals surface area contributed by atoms with E-state index in [1.165, 1.54) is 11.1 Å². The lowest BCUT2D eigenvalue weighted by Gasteiger charge is -2.09. The van der Waals surface area contributed by atoms with Crippen LogP contribution in [0.5, 0.6) is 5.75 Å². The summed E-state index contributed by atoms with van der Waals surface area (Å²) in [7, 11) is 1.69. The number of hydrogen-bond acceptors (Lipinski definition) is 2. The zero-order valence-corrected chi connectivity index (χ0v) is 12.6. The number of halogens is 1. The molecule has 1 N–H and O–H groups in total. The van der Waals surface area contributed by atoms with Crippen LogP contribution in [-0.2, 0) is 13.0 Å². The van der Waals surface area contributed by atoms with Crippen molar-refractivity contribution in [1.82, 2.24) is 5.32 Å². The van der Waals surface area contributed by atoms with Gasteiger partial charge in [0.25, 0.3) is 0 Å². The fourth-order valence-electron chi connectivity index (χ4n) is 1.91. The van der Waals surface area contributed by atoms with Gasteiger partial charge in [0.15, 0.2) is 0 Å². The molecule has 100 valence electrons. The molecular weight excluding hydrogens is 302 g/mol. The number of methoxy groups -OCH3 is 1. The maximum atomic E-state index is 5.24. The van der Waals surface area contributed by atoms with Gasteiger partial charge in [-0.1, -0.05) is 46.3 Å². The van der Waals surface area contributed by atoms with Crippen molar-refractivity contribution in [3.63, 3.8) is 0 Å². The first-order valence-corrected chi connectivity index (χ1v) is 7.16. The molecule has 2 aromatic rings. The molecule has 0 saturated heterocycles. The first kappa shape index (κ1) is 14.1. The third-order valence-electron chi connectivity index (χ3n) is 3.00. The summed E-state index contributed by atoms with van der Waals surface area (Å²) < 4.78 is 6.35. The molecule has 0 aromatic heterocycles. The summed E-state index contributed by atoms with van der Waals surface area (Å²) >= 11 is 3.56. The zero-order valence-electron chi connectivity index (χ0n) is 11.0. The van der Waals surface area contributed by atoms with Crippen molar-refractivity contribution < 1.29 is 4.74 Å². The fourth-order valence-corrected chi connectivity index (χ4v) is 2.30. The Morgan fingerprint density at radius 3 is 2.63 bits per heavy atom. The average Bonchev–Trinajstić information content (AvgIpc) is 2.46. The van der Waals surface area contributed by atoms with Crippen LogP contribution in [0, 0.1) is 0 Å². The Labute approximate surface area is 122 Å². The average molecular weight is 320 g/mol. The normalized spacial score (nSPS) is 10.4. The van der Waals surface area contributed by atoms with Crippen molar-refractivity contribution in [2.24, 2.45) is 0 Å². The van der Waals surface area contributed by atoms with Crippen LogP contribution < -0.4 is 10.1 Å². The van der Waals surface area contributed by atoms with Gasteiger partial charge in [-0.2, -0.15) is 0 Å². The number of hydrogen-bond donors (Lipinski definition) is 1. The Balaban J connectivity index is 1.82. The topological polar surface area (TPSA) is 21.3 Å². The van der Waals surface area contributed by atoms with Crippen molar-refractivity contribution in [3.05, 3.63) is 64.1 Å². The first-order chi connectivity index (χ1) is 9.29. The van der Waals surface area contributed by atoms with Gasteiger partial charge in [0, 0.05) is 11.0 Å². The number of rotatable bonds is 6. The van der Waals surface area contributed by atoms with Gasteiger partial charge < -0.3 is 10.1 Å². The Morgan fingerprint density at radius 1 is 1.11 bits per heavy atom. The molecule has 0 heterocycles. The first-order valence-electron chi connectivity index (χ1n) is 6.36. The molecule has 0 atom stereocenters. The highest BCUT2D eigenvalue weighted by Crippen LogP contribution is 2.22. The molecule has 0 amide bonds. The molecule has 0 unspecified atom stereocenters. The Bertz CT molecular complexity index is 513. The van der Waals surface area contributed by atoms with Gasteiger partial charge in [-0.15, -0.1) is 0 Å². The van der Waals surface area contributed by atoms with Crippen molar-refractivity contribution >= 4 is 15.9 Å². The molecule has 3 heteroatoms. The third kappa shape index (κ3) is 4.37. The number of nitrogens with one attached hydrogen (secondary N) is 1. The van der Waals surface area contributed by atoms with E-state index in [-0.39, 0.29) is 0 Å². The third-order valence-corrected chi connectivity index (χ3v) is 3.78. The highest BCUT2D eigenvalue weighted by atomic mass is 79.9. The van der Waals surface area contributed by atoms with Crippen LogP contribution in [0.2, 0.25) is 0 Å². The fraction of sp³-hybridized carbons (Fsp3) is 0.250. The molecule has 0 aliphatic heterocycles. The van der Waals surface area contributed by atoms with Gasteiger partial charge in [-0.05, 0) is 42.3 Å². The van der Waals surface area contributed by atoms with Gasteiger partial charge >= 0.3 is 0 Å². The summed E-state index contributed by atoms with van der Waals surface area (Å²) in [6.07, 6.45) is 1.04. The van der Waals surface area contributed by atoms with Crippen LogP contribution in [-0.4, -0.2) is 13.7 Å². The van der Waals surface area contributed by atoms with E-state index in [0.717, 1.165) is 29.7 Å². The largest absolute Gasteiger partial charge is 0.497 e. The van der Waals surface area contributed by atoms with Crippen LogP contribution in [0.4, 0.5) is 0 Å². The highest BCUT2D eigenvalue weighted by molar-refractivity contribution is 9.10. The predicted octanol–water partition coefficient (Wildman–Crippen LogP) is 3.79. The molecule has 0 fully saturated rings. The lowest BCUT2D eigenvalue weighted by molar-refractivity contribution is 0.414. The van der Waals surface area contributed by atoms with Crippen LogP contribution >= 0.6 is 15.9 Å². The van der Waals surface area contributed by atoms with E-state index < -0.39 is 0 Å². The Kier molecular flexibility index (Phi) is 5.43. The van der Waals surface area contributed by atoms with Crippen molar-refractivity contribution in [1.29, 1.82) is 0 Å². The molecule has 2 nitrogen and oxygen atoms in total. The second-order valence-electron chi connectivity index (χ2n) is 4.37. The van der Waals surface area contributed by atoms with E-state index in [1.54, 1.807) is 7.11 Å². The standard InChI is InChI=1S/C16H18BrNO/c1-19-15-7-8-16(17)14(11-15)12-18-10-9-13-5-3-2-4-6-13/h2-8,11,18H,9-10,12H2,1H3. The summed E-state index contributed by atoms with van der Waals surface area (Å²) in [6, 6.07) is 16.5. The predicted molar refractivity (Wildman–Crippen MR) is 82.5 cm³/mol. The van der Waals surface area contributed by atoms with Crippen LogP contribution in [0.25, 0.3) is 0 Å². The SMILES string of the molecule is COc1ccc(Br)c(CNCCc2ccccc2)c1. The molecular formula is C16H18BrNO. The number of ether oxygens (including phenoxy) is 1. The molecule has 0 aliphatic carbocycles. The smallest absolute Gasteiger partial charge is 0.119 e.